The van der Waals surface area contributed by atoms with E-state index in [0.29, 0.717) is 19.6 Å². The number of nitrogens with zero attached hydrogens (tertiary/aromatic N) is 2. The van der Waals surface area contributed by atoms with E-state index < -0.39 is 0 Å². The molecule has 1 aromatic carbocycles. The first-order valence-corrected chi connectivity index (χ1v) is 8.23. The van der Waals surface area contributed by atoms with E-state index in [-0.39, 0.29) is 30.8 Å². The highest BCUT2D eigenvalue weighted by Crippen LogP contribution is 2.29. The van der Waals surface area contributed by atoms with Gasteiger partial charge in [-0.1, -0.05) is 15.9 Å². The third kappa shape index (κ3) is 3.50. The lowest BCUT2D eigenvalue weighted by molar-refractivity contribution is -0.136. The molecule has 0 saturated carbocycles. The molecule has 0 aliphatic carbocycles. The van der Waals surface area contributed by atoms with Crippen LogP contribution in [0.25, 0.3) is 0 Å². The van der Waals surface area contributed by atoms with Crippen molar-refractivity contribution in [2.24, 2.45) is 5.92 Å². The standard InChI is InChI=1S/C16H21BrN2O3/c1-3-18(6-7-20)16(22)12-9-15(21)19(10-12)13-4-5-14(17)11(2)8-13/h4-5,8,12,20H,3,6-7,9-10H2,1-2H3. The maximum atomic E-state index is 12.4. The molecule has 22 heavy (non-hydrogen) atoms. The van der Waals surface area contributed by atoms with E-state index >= 15 is 0 Å². The number of aliphatic hydroxyl groups excluding tert-OH is 1. The molecule has 1 aliphatic heterocycles. The Morgan fingerprint density at radius 2 is 2.23 bits per heavy atom. The van der Waals surface area contributed by atoms with Crippen LogP contribution < -0.4 is 4.90 Å². The number of benzene rings is 1. The zero-order valence-electron chi connectivity index (χ0n) is 12.9. The molecule has 1 unspecified atom stereocenters. The van der Waals surface area contributed by atoms with Gasteiger partial charge in [0.05, 0.1) is 12.5 Å². The van der Waals surface area contributed by atoms with Crippen LogP contribution in [0.4, 0.5) is 5.69 Å². The molecule has 0 bridgehead atoms. The van der Waals surface area contributed by atoms with Crippen LogP contribution in [0.5, 0.6) is 0 Å². The summed E-state index contributed by atoms with van der Waals surface area (Å²) < 4.78 is 0.996. The van der Waals surface area contributed by atoms with Gasteiger partial charge in [0.2, 0.25) is 11.8 Å². The van der Waals surface area contributed by atoms with Crippen molar-refractivity contribution >= 4 is 33.4 Å². The van der Waals surface area contributed by atoms with Crippen molar-refractivity contribution in [3.8, 4) is 0 Å². The molecule has 1 atom stereocenters. The van der Waals surface area contributed by atoms with Crippen LogP contribution in [-0.2, 0) is 9.59 Å². The van der Waals surface area contributed by atoms with Gasteiger partial charge in [-0.05, 0) is 37.6 Å². The molecule has 5 nitrogen and oxygen atoms in total. The van der Waals surface area contributed by atoms with Gasteiger partial charge >= 0.3 is 0 Å². The summed E-state index contributed by atoms with van der Waals surface area (Å²) in [5.74, 6) is -0.413. The van der Waals surface area contributed by atoms with Crippen molar-refractivity contribution in [2.75, 3.05) is 31.1 Å². The molecule has 2 rings (SSSR count). The van der Waals surface area contributed by atoms with Crippen LogP contribution in [0.2, 0.25) is 0 Å². The molecule has 1 fully saturated rings. The van der Waals surface area contributed by atoms with E-state index in [2.05, 4.69) is 15.9 Å². The highest BCUT2D eigenvalue weighted by Gasteiger charge is 2.36. The Morgan fingerprint density at radius 3 is 2.82 bits per heavy atom. The van der Waals surface area contributed by atoms with Gasteiger partial charge in [-0.3, -0.25) is 9.59 Å². The summed E-state index contributed by atoms with van der Waals surface area (Å²) in [6.07, 6.45) is 0.232. The highest BCUT2D eigenvalue weighted by molar-refractivity contribution is 9.10. The van der Waals surface area contributed by atoms with E-state index in [1.54, 1.807) is 9.80 Å². The van der Waals surface area contributed by atoms with Crippen molar-refractivity contribution in [1.82, 2.24) is 4.90 Å². The molecular weight excluding hydrogens is 348 g/mol. The summed E-state index contributed by atoms with van der Waals surface area (Å²) in [6.45, 7) is 5.05. The molecule has 0 radical (unpaired) electrons. The minimum absolute atomic E-state index is 0.0277. The number of likely N-dealkylation sites (N-methyl/N-ethyl adjacent to an activating group) is 1. The first kappa shape index (κ1) is 17.0. The second-order valence-corrected chi connectivity index (χ2v) is 6.33. The lowest BCUT2D eigenvalue weighted by atomic mass is 10.1. The molecule has 1 aromatic rings. The number of carbonyl (C=O) groups excluding carboxylic acids is 2. The van der Waals surface area contributed by atoms with Gasteiger partial charge in [-0.25, -0.2) is 0 Å². The second kappa shape index (κ2) is 7.24. The van der Waals surface area contributed by atoms with Crippen molar-refractivity contribution < 1.29 is 14.7 Å². The number of rotatable bonds is 5. The summed E-state index contributed by atoms with van der Waals surface area (Å²) in [5.41, 5.74) is 1.88. The third-order valence-electron chi connectivity index (χ3n) is 3.99. The van der Waals surface area contributed by atoms with E-state index in [0.717, 1.165) is 15.7 Å². The predicted molar refractivity (Wildman–Crippen MR) is 88.7 cm³/mol. The largest absolute Gasteiger partial charge is 0.395 e. The van der Waals surface area contributed by atoms with E-state index in [4.69, 9.17) is 5.11 Å². The molecule has 1 aliphatic rings. The minimum Gasteiger partial charge on any atom is -0.395 e. The number of carbonyl (C=O) groups is 2. The Morgan fingerprint density at radius 1 is 1.50 bits per heavy atom. The predicted octanol–water partition coefficient (Wildman–Crippen LogP) is 1.95. The smallest absolute Gasteiger partial charge is 0.228 e. The zero-order valence-corrected chi connectivity index (χ0v) is 14.5. The molecular formula is C16H21BrN2O3. The Bertz CT molecular complexity index is 577. The van der Waals surface area contributed by atoms with Crippen molar-refractivity contribution in [1.29, 1.82) is 0 Å². The number of amides is 2. The average Bonchev–Trinajstić information content (AvgIpc) is 2.89. The Labute approximate surface area is 139 Å². The van der Waals surface area contributed by atoms with Crippen LogP contribution in [0, 0.1) is 12.8 Å². The summed E-state index contributed by atoms with van der Waals surface area (Å²) >= 11 is 3.45. The molecule has 0 aromatic heterocycles. The molecule has 2 amide bonds. The van der Waals surface area contributed by atoms with Gasteiger partial charge < -0.3 is 14.9 Å². The van der Waals surface area contributed by atoms with Crippen LogP contribution in [0.3, 0.4) is 0 Å². The van der Waals surface area contributed by atoms with Gasteiger partial charge in [0, 0.05) is 36.2 Å². The lowest BCUT2D eigenvalue weighted by Gasteiger charge is -2.23. The van der Waals surface area contributed by atoms with Crippen molar-refractivity contribution in [3.63, 3.8) is 0 Å². The van der Waals surface area contributed by atoms with Gasteiger partial charge in [-0.2, -0.15) is 0 Å². The topological polar surface area (TPSA) is 60.9 Å². The van der Waals surface area contributed by atoms with Crippen molar-refractivity contribution in [2.45, 2.75) is 20.3 Å². The lowest BCUT2D eigenvalue weighted by Crippen LogP contribution is -2.39. The summed E-state index contributed by atoms with van der Waals surface area (Å²) in [7, 11) is 0. The van der Waals surface area contributed by atoms with Crippen LogP contribution in [0.15, 0.2) is 22.7 Å². The maximum absolute atomic E-state index is 12.4. The van der Waals surface area contributed by atoms with E-state index in [1.807, 2.05) is 32.0 Å². The fraction of sp³-hybridized carbons (Fsp3) is 0.500. The number of hydrogen-bond acceptors (Lipinski definition) is 3. The fourth-order valence-corrected chi connectivity index (χ4v) is 2.97. The SMILES string of the molecule is CCN(CCO)C(=O)C1CC(=O)N(c2ccc(Br)c(C)c2)C1. The fourth-order valence-electron chi connectivity index (χ4n) is 2.72. The molecule has 1 heterocycles. The Balaban J connectivity index is 2.13. The van der Waals surface area contributed by atoms with Crippen molar-refractivity contribution in [3.05, 3.63) is 28.2 Å². The highest BCUT2D eigenvalue weighted by atomic mass is 79.9. The number of aliphatic hydroxyl groups is 1. The molecule has 1 N–H and O–H groups in total. The first-order chi connectivity index (χ1) is 10.5. The number of aryl methyl sites for hydroxylation is 1. The van der Waals surface area contributed by atoms with Crippen LogP contribution >= 0.6 is 15.9 Å². The molecule has 6 heteroatoms. The first-order valence-electron chi connectivity index (χ1n) is 7.44. The number of hydrogen-bond donors (Lipinski definition) is 1. The second-order valence-electron chi connectivity index (χ2n) is 5.48. The van der Waals surface area contributed by atoms with Gasteiger partial charge in [0.1, 0.15) is 0 Å². The van der Waals surface area contributed by atoms with E-state index in [9.17, 15) is 9.59 Å². The average molecular weight is 369 g/mol. The quantitative estimate of drug-likeness (QED) is 0.863. The summed E-state index contributed by atoms with van der Waals surface area (Å²) in [4.78, 5) is 28.0. The van der Waals surface area contributed by atoms with Gasteiger partial charge in [-0.15, -0.1) is 0 Å². The molecule has 120 valence electrons. The Kier molecular flexibility index (Phi) is 5.58. The van der Waals surface area contributed by atoms with Gasteiger partial charge in [0.25, 0.3) is 0 Å². The van der Waals surface area contributed by atoms with Gasteiger partial charge in [0.15, 0.2) is 0 Å². The molecule has 1 saturated heterocycles. The minimum atomic E-state index is -0.331. The third-order valence-corrected chi connectivity index (χ3v) is 4.88. The van der Waals surface area contributed by atoms with E-state index in [1.165, 1.54) is 0 Å². The summed E-state index contributed by atoms with van der Waals surface area (Å²) in [5, 5.41) is 9.02. The zero-order chi connectivity index (χ0) is 16.3. The molecule has 0 spiro atoms. The number of anilines is 1. The summed E-state index contributed by atoms with van der Waals surface area (Å²) in [6, 6.07) is 5.74. The number of halogens is 1. The normalized spacial score (nSPS) is 17.9. The Hall–Kier alpha value is -1.40. The van der Waals surface area contributed by atoms with Crippen LogP contribution in [-0.4, -0.2) is 48.1 Å². The van der Waals surface area contributed by atoms with Crippen LogP contribution in [0.1, 0.15) is 18.9 Å². The monoisotopic (exact) mass is 368 g/mol. The maximum Gasteiger partial charge on any atom is 0.228 e.